The van der Waals surface area contributed by atoms with Gasteiger partial charge in [-0.05, 0) is 30.7 Å². The molecule has 0 aliphatic heterocycles. The van der Waals surface area contributed by atoms with E-state index in [0.717, 1.165) is 5.56 Å². The molecule has 0 unspecified atom stereocenters. The van der Waals surface area contributed by atoms with Gasteiger partial charge < -0.3 is 30.3 Å². The zero-order valence-electron chi connectivity index (χ0n) is 15.2. The molecule has 0 fully saturated rings. The Labute approximate surface area is 163 Å². The highest BCUT2D eigenvalue weighted by Crippen LogP contribution is 2.28. The Morgan fingerprint density at radius 1 is 1.19 bits per heavy atom. The Morgan fingerprint density at radius 3 is 2.59 bits per heavy atom. The molecule has 0 aliphatic carbocycles. The van der Waals surface area contributed by atoms with Crippen LogP contribution in [-0.4, -0.2) is 32.1 Å². The van der Waals surface area contributed by atoms with Gasteiger partial charge in [-0.15, -0.1) is 12.4 Å². The molecule has 1 aromatic heterocycles. The maximum absolute atomic E-state index is 12.1. The van der Waals surface area contributed by atoms with Gasteiger partial charge in [0.1, 0.15) is 12.0 Å². The van der Waals surface area contributed by atoms with Gasteiger partial charge in [0.05, 0.1) is 19.2 Å². The van der Waals surface area contributed by atoms with Crippen molar-refractivity contribution in [2.45, 2.75) is 20.0 Å². The van der Waals surface area contributed by atoms with Crippen molar-refractivity contribution in [2.24, 2.45) is 5.73 Å². The Morgan fingerprint density at radius 2 is 1.96 bits per heavy atom. The van der Waals surface area contributed by atoms with Crippen LogP contribution in [0.5, 0.6) is 11.5 Å². The van der Waals surface area contributed by atoms with Crippen molar-refractivity contribution >= 4 is 24.2 Å². The first-order valence-electron chi connectivity index (χ1n) is 8.19. The molecule has 0 aliphatic rings. The van der Waals surface area contributed by atoms with Gasteiger partial charge in [-0.1, -0.05) is 6.07 Å². The summed E-state index contributed by atoms with van der Waals surface area (Å²) in [4.78, 5) is 23.6. The lowest BCUT2D eigenvalue weighted by atomic mass is 10.2. The van der Waals surface area contributed by atoms with Gasteiger partial charge in [-0.3, -0.25) is 9.59 Å². The predicted octanol–water partition coefficient (Wildman–Crippen LogP) is 1.61. The van der Waals surface area contributed by atoms with E-state index in [1.807, 2.05) is 6.92 Å². The van der Waals surface area contributed by atoms with Crippen molar-refractivity contribution < 1.29 is 23.5 Å². The molecule has 0 radical (unpaired) electrons. The van der Waals surface area contributed by atoms with Crippen LogP contribution in [0.1, 0.15) is 28.6 Å². The molecule has 9 heteroatoms. The summed E-state index contributed by atoms with van der Waals surface area (Å²) in [5.74, 6) is 1.02. The van der Waals surface area contributed by atoms with Crippen molar-refractivity contribution in [1.29, 1.82) is 0 Å². The van der Waals surface area contributed by atoms with E-state index in [4.69, 9.17) is 19.6 Å². The minimum Gasteiger partial charge on any atom is -0.493 e. The standard InChI is InChI=1S/C18H23N3O5.ClH/c1-3-20-17(22)11-26-15-5-4-12(6-16(15)24-2)9-21-18(23)13-7-14(8-19)25-10-13;/h4-7,10H,3,8-9,11,19H2,1-2H3,(H,20,22)(H,21,23);1H. The summed E-state index contributed by atoms with van der Waals surface area (Å²) in [5, 5.41) is 5.44. The van der Waals surface area contributed by atoms with Crippen LogP contribution in [0, 0.1) is 0 Å². The number of likely N-dealkylation sites (N-methyl/N-ethyl adjacent to an activating group) is 1. The second-order valence-electron chi connectivity index (χ2n) is 5.42. The molecule has 0 saturated carbocycles. The highest BCUT2D eigenvalue weighted by Gasteiger charge is 2.11. The van der Waals surface area contributed by atoms with E-state index < -0.39 is 0 Å². The van der Waals surface area contributed by atoms with Gasteiger partial charge in [0.25, 0.3) is 11.8 Å². The quantitative estimate of drug-likeness (QED) is 0.592. The van der Waals surface area contributed by atoms with Gasteiger partial charge >= 0.3 is 0 Å². The highest BCUT2D eigenvalue weighted by atomic mass is 35.5. The number of furan rings is 1. The number of nitrogens with one attached hydrogen (secondary N) is 2. The van der Waals surface area contributed by atoms with E-state index in [1.165, 1.54) is 13.4 Å². The molecule has 8 nitrogen and oxygen atoms in total. The number of amides is 2. The summed E-state index contributed by atoms with van der Waals surface area (Å²) in [6.07, 6.45) is 1.37. The van der Waals surface area contributed by atoms with Crippen LogP contribution in [-0.2, 0) is 17.9 Å². The number of hydrogen-bond acceptors (Lipinski definition) is 6. The van der Waals surface area contributed by atoms with Crippen LogP contribution in [0.15, 0.2) is 34.9 Å². The molecule has 0 bridgehead atoms. The number of carbonyl (C=O) groups excluding carboxylic acids is 2. The maximum Gasteiger partial charge on any atom is 0.257 e. The number of hydrogen-bond donors (Lipinski definition) is 3. The molecule has 0 atom stereocenters. The lowest BCUT2D eigenvalue weighted by Crippen LogP contribution is -2.28. The summed E-state index contributed by atoms with van der Waals surface area (Å²) >= 11 is 0. The Kier molecular flexibility index (Phi) is 9.18. The molecule has 1 heterocycles. The minimum absolute atomic E-state index is 0. The number of methoxy groups -OCH3 is 1. The van der Waals surface area contributed by atoms with Crippen LogP contribution in [0.25, 0.3) is 0 Å². The van der Waals surface area contributed by atoms with Crippen molar-refractivity contribution in [2.75, 3.05) is 20.3 Å². The maximum atomic E-state index is 12.1. The zero-order valence-corrected chi connectivity index (χ0v) is 16.1. The molecule has 4 N–H and O–H groups in total. The molecule has 27 heavy (non-hydrogen) atoms. The molecular formula is C18H24ClN3O5. The molecule has 2 aromatic rings. The van der Waals surface area contributed by atoms with E-state index >= 15 is 0 Å². The van der Waals surface area contributed by atoms with E-state index in [0.29, 0.717) is 35.9 Å². The minimum atomic E-state index is -0.260. The third kappa shape index (κ3) is 6.50. The van der Waals surface area contributed by atoms with Crippen LogP contribution in [0.2, 0.25) is 0 Å². The normalized spacial score (nSPS) is 9.89. The third-order valence-electron chi connectivity index (χ3n) is 3.53. The van der Waals surface area contributed by atoms with Crippen LogP contribution in [0.4, 0.5) is 0 Å². The van der Waals surface area contributed by atoms with Gasteiger partial charge in [0.2, 0.25) is 0 Å². The molecule has 0 saturated heterocycles. The first-order chi connectivity index (χ1) is 12.6. The largest absolute Gasteiger partial charge is 0.493 e. The average molecular weight is 398 g/mol. The average Bonchev–Trinajstić information content (AvgIpc) is 3.14. The Hall–Kier alpha value is -2.71. The SMILES string of the molecule is CCNC(=O)COc1ccc(CNC(=O)c2coc(CN)c2)cc1OC.Cl. The fraction of sp³-hybridized carbons (Fsp3) is 0.333. The second-order valence-corrected chi connectivity index (χ2v) is 5.42. The third-order valence-corrected chi connectivity index (χ3v) is 3.53. The number of benzene rings is 1. The summed E-state index contributed by atoms with van der Waals surface area (Å²) in [6.45, 7) is 2.82. The predicted molar refractivity (Wildman–Crippen MR) is 102 cm³/mol. The van der Waals surface area contributed by atoms with Crippen molar-refractivity contribution in [3.63, 3.8) is 0 Å². The van der Waals surface area contributed by atoms with Crippen molar-refractivity contribution in [3.8, 4) is 11.5 Å². The molecule has 2 rings (SSSR count). The number of ether oxygens (including phenoxy) is 2. The lowest BCUT2D eigenvalue weighted by molar-refractivity contribution is -0.123. The lowest BCUT2D eigenvalue weighted by Gasteiger charge is -2.12. The second kappa shape index (κ2) is 11.1. The van der Waals surface area contributed by atoms with E-state index in [9.17, 15) is 9.59 Å². The fourth-order valence-electron chi connectivity index (χ4n) is 2.22. The van der Waals surface area contributed by atoms with Gasteiger partial charge in [-0.2, -0.15) is 0 Å². The Balaban J connectivity index is 0.00000364. The van der Waals surface area contributed by atoms with Gasteiger partial charge in [0.15, 0.2) is 18.1 Å². The first kappa shape index (κ1) is 22.3. The van der Waals surface area contributed by atoms with E-state index in [1.54, 1.807) is 24.3 Å². The number of rotatable bonds is 9. The molecule has 2 amide bonds. The topological polar surface area (TPSA) is 116 Å². The number of halogens is 1. The molecule has 148 valence electrons. The number of nitrogens with two attached hydrogens (primary N) is 1. The first-order valence-corrected chi connectivity index (χ1v) is 8.19. The van der Waals surface area contributed by atoms with Crippen LogP contribution in [0.3, 0.4) is 0 Å². The van der Waals surface area contributed by atoms with Crippen molar-refractivity contribution in [1.82, 2.24) is 10.6 Å². The summed E-state index contributed by atoms with van der Waals surface area (Å²) in [5.41, 5.74) is 6.70. The van der Waals surface area contributed by atoms with Crippen molar-refractivity contribution in [3.05, 3.63) is 47.4 Å². The Bertz CT molecular complexity index is 763. The summed E-state index contributed by atoms with van der Waals surface area (Å²) < 4.78 is 15.9. The summed E-state index contributed by atoms with van der Waals surface area (Å²) in [6, 6.07) is 6.84. The molecule has 1 aromatic carbocycles. The number of carbonyl (C=O) groups is 2. The monoisotopic (exact) mass is 397 g/mol. The smallest absolute Gasteiger partial charge is 0.257 e. The molecular weight excluding hydrogens is 374 g/mol. The molecule has 0 spiro atoms. The van der Waals surface area contributed by atoms with Crippen LogP contribution >= 0.6 is 12.4 Å². The van der Waals surface area contributed by atoms with Gasteiger partial charge in [0, 0.05) is 13.1 Å². The van der Waals surface area contributed by atoms with E-state index in [2.05, 4.69) is 10.6 Å². The highest BCUT2D eigenvalue weighted by molar-refractivity contribution is 5.93. The van der Waals surface area contributed by atoms with Crippen LogP contribution < -0.4 is 25.8 Å². The van der Waals surface area contributed by atoms with E-state index in [-0.39, 0.29) is 37.4 Å². The summed E-state index contributed by atoms with van der Waals surface area (Å²) in [7, 11) is 1.51. The fourth-order valence-corrected chi connectivity index (χ4v) is 2.22. The van der Waals surface area contributed by atoms with Gasteiger partial charge in [-0.25, -0.2) is 0 Å². The zero-order chi connectivity index (χ0) is 18.9.